The molecule has 0 aliphatic carbocycles. The maximum Gasteiger partial charge on any atom is 0.0596 e. The molecule has 0 aromatic rings. The molecule has 0 amide bonds. The minimum Gasteiger partial charge on any atom is -0.298 e. The fourth-order valence-electron chi connectivity index (χ4n) is 5.18. The van der Waals surface area contributed by atoms with Crippen LogP contribution < -0.4 is 37.2 Å². The van der Waals surface area contributed by atoms with Crippen LogP contribution in [0.15, 0.2) is 0 Å². The van der Waals surface area contributed by atoms with Gasteiger partial charge in [-0.15, -0.1) is 0 Å². The van der Waals surface area contributed by atoms with E-state index in [9.17, 15) is 0 Å². The van der Waals surface area contributed by atoms with Gasteiger partial charge < -0.3 is 0 Å². The molecule has 5 rings (SSSR count). The predicted molar refractivity (Wildman–Crippen MR) is 89.2 cm³/mol. The average Bonchev–Trinajstić information content (AvgIpc) is 3.28. The smallest absolute Gasteiger partial charge is 0.0596 e. The monoisotopic (exact) mass is 321 g/mol. The zero-order valence-corrected chi connectivity index (χ0v) is 13.8. The van der Waals surface area contributed by atoms with Gasteiger partial charge in [-0.2, -0.15) is 0 Å². The third-order valence-corrected chi connectivity index (χ3v) is 6.35. The lowest BCUT2D eigenvalue weighted by atomic mass is 10.1. The van der Waals surface area contributed by atoms with Crippen LogP contribution in [-0.2, 0) is 0 Å². The number of nitrogens with one attached hydrogen (secondary N) is 7. The average molecular weight is 321 g/mol. The highest BCUT2D eigenvalue weighted by Crippen LogP contribution is 2.24. The Morgan fingerprint density at radius 1 is 0.304 bits per heavy atom. The number of fused-ring (bicyclic) bond motifs is 9. The van der Waals surface area contributed by atoms with Gasteiger partial charge in [0.15, 0.2) is 0 Å². The molecule has 8 atom stereocenters. The van der Waals surface area contributed by atoms with Crippen molar-refractivity contribution in [3.63, 3.8) is 0 Å². The van der Waals surface area contributed by atoms with E-state index >= 15 is 0 Å². The molecule has 0 radical (unpaired) electrons. The van der Waals surface area contributed by atoms with Gasteiger partial charge in [-0.1, -0.05) is 0 Å². The van der Waals surface area contributed by atoms with Crippen LogP contribution in [0.1, 0.15) is 51.4 Å². The molecule has 5 aliphatic rings. The summed E-state index contributed by atoms with van der Waals surface area (Å²) in [7, 11) is 0. The molecule has 0 aromatic carbocycles. The third kappa shape index (κ3) is 3.16. The van der Waals surface area contributed by atoms with Crippen LogP contribution in [0.3, 0.4) is 0 Å². The van der Waals surface area contributed by atoms with Crippen molar-refractivity contribution in [1.29, 1.82) is 0 Å². The second-order valence-corrected chi connectivity index (χ2v) is 8.00. The van der Waals surface area contributed by atoms with E-state index in [0.717, 1.165) is 0 Å². The normalized spacial score (nSPS) is 53.2. The van der Waals surface area contributed by atoms with E-state index in [1.807, 2.05) is 0 Å². The number of rotatable bonds is 0. The van der Waals surface area contributed by atoms with Gasteiger partial charge in [0.25, 0.3) is 0 Å². The van der Waals surface area contributed by atoms with Gasteiger partial charge in [-0.05, 0) is 51.4 Å². The summed E-state index contributed by atoms with van der Waals surface area (Å²) >= 11 is 0. The van der Waals surface area contributed by atoms with Crippen molar-refractivity contribution in [3.8, 4) is 0 Å². The SMILES string of the molecule is C1CC2NC1NC1CCC(N1)NC1CCC(N1)C1CCC(N2)N1. The Kier molecular flexibility index (Phi) is 4.06. The van der Waals surface area contributed by atoms with Crippen molar-refractivity contribution in [2.75, 3.05) is 0 Å². The van der Waals surface area contributed by atoms with Crippen LogP contribution in [0, 0.1) is 0 Å². The molecule has 5 aliphatic heterocycles. The summed E-state index contributed by atoms with van der Waals surface area (Å²) in [6, 6.07) is 1.23. The van der Waals surface area contributed by atoms with E-state index in [-0.39, 0.29) is 0 Å². The molecule has 130 valence electrons. The van der Waals surface area contributed by atoms with Crippen molar-refractivity contribution < 1.29 is 0 Å². The van der Waals surface area contributed by atoms with Crippen LogP contribution in [0.2, 0.25) is 0 Å². The van der Waals surface area contributed by atoms with Gasteiger partial charge in [-0.3, -0.25) is 37.2 Å². The van der Waals surface area contributed by atoms with Crippen LogP contribution in [0.5, 0.6) is 0 Å². The molecule has 0 aromatic heterocycles. The van der Waals surface area contributed by atoms with Gasteiger partial charge in [0.05, 0.1) is 37.0 Å². The summed E-state index contributed by atoms with van der Waals surface area (Å²) in [5, 5.41) is 26.4. The Labute approximate surface area is 138 Å². The topological polar surface area (TPSA) is 84.2 Å². The van der Waals surface area contributed by atoms with Crippen LogP contribution >= 0.6 is 0 Å². The van der Waals surface area contributed by atoms with Crippen LogP contribution in [-0.4, -0.2) is 49.1 Å². The number of hydrogen-bond donors (Lipinski definition) is 7. The fraction of sp³-hybridized carbons (Fsp3) is 1.00. The molecule has 5 fully saturated rings. The van der Waals surface area contributed by atoms with Crippen molar-refractivity contribution in [3.05, 3.63) is 0 Å². The molecule has 5 heterocycles. The molecule has 8 bridgehead atoms. The van der Waals surface area contributed by atoms with E-state index in [4.69, 9.17) is 0 Å². The van der Waals surface area contributed by atoms with Gasteiger partial charge >= 0.3 is 0 Å². The molecular formula is C16H31N7. The molecule has 8 unspecified atom stereocenters. The molecule has 0 spiro atoms. The molecule has 7 heteroatoms. The van der Waals surface area contributed by atoms with Crippen LogP contribution in [0.4, 0.5) is 0 Å². The van der Waals surface area contributed by atoms with E-state index < -0.39 is 0 Å². The highest BCUT2D eigenvalue weighted by atomic mass is 15.4. The zero-order valence-electron chi connectivity index (χ0n) is 13.8. The molecule has 7 nitrogen and oxygen atoms in total. The van der Waals surface area contributed by atoms with E-state index in [1.165, 1.54) is 51.4 Å². The van der Waals surface area contributed by atoms with Gasteiger partial charge in [0.1, 0.15) is 0 Å². The van der Waals surface area contributed by atoms with Gasteiger partial charge in [0.2, 0.25) is 0 Å². The first-order valence-electron chi connectivity index (χ1n) is 9.64. The quantitative estimate of drug-likeness (QED) is 0.308. The van der Waals surface area contributed by atoms with Gasteiger partial charge in [-0.25, -0.2) is 0 Å². The van der Waals surface area contributed by atoms with Crippen molar-refractivity contribution in [2.45, 2.75) is 100 Å². The standard InChI is InChI=1S/C16H31N7/c1-3-11-17-9(1)10-2-4-12(18-10)20-14-6-8-16(22-14)23-15-7-5-13(19-11)21-15/h9-23H,1-8H2. The second-order valence-electron chi connectivity index (χ2n) is 8.00. The fourth-order valence-corrected chi connectivity index (χ4v) is 5.18. The molecule has 23 heavy (non-hydrogen) atoms. The Morgan fingerprint density at radius 2 is 0.565 bits per heavy atom. The highest BCUT2D eigenvalue weighted by Gasteiger charge is 2.38. The van der Waals surface area contributed by atoms with Crippen LogP contribution in [0.25, 0.3) is 0 Å². The highest BCUT2D eigenvalue weighted by molar-refractivity contribution is 4.98. The maximum absolute atomic E-state index is 3.83. The summed E-state index contributed by atoms with van der Waals surface area (Å²) in [4.78, 5) is 0. The predicted octanol–water partition coefficient (Wildman–Crippen LogP) is -1.00. The maximum atomic E-state index is 3.83. The first-order chi connectivity index (χ1) is 11.3. The molecule has 5 saturated heterocycles. The Morgan fingerprint density at radius 3 is 0.913 bits per heavy atom. The second kappa shape index (κ2) is 6.22. The molecule has 7 N–H and O–H groups in total. The van der Waals surface area contributed by atoms with Crippen molar-refractivity contribution >= 4 is 0 Å². The van der Waals surface area contributed by atoms with E-state index in [2.05, 4.69) is 37.2 Å². The minimum absolute atomic E-state index is 0.431. The lowest BCUT2D eigenvalue weighted by Crippen LogP contribution is -2.56. The lowest BCUT2D eigenvalue weighted by molar-refractivity contribution is 0.321. The third-order valence-electron chi connectivity index (χ3n) is 6.35. The first kappa shape index (κ1) is 15.0. The Bertz CT molecular complexity index is 395. The number of hydrogen-bond acceptors (Lipinski definition) is 7. The van der Waals surface area contributed by atoms with Crippen molar-refractivity contribution in [2.24, 2.45) is 0 Å². The summed E-state index contributed by atoms with van der Waals surface area (Å²) in [5.74, 6) is 0. The summed E-state index contributed by atoms with van der Waals surface area (Å²) in [5.41, 5.74) is 0. The van der Waals surface area contributed by atoms with E-state index in [1.54, 1.807) is 0 Å². The summed E-state index contributed by atoms with van der Waals surface area (Å²) in [6.45, 7) is 0. The summed E-state index contributed by atoms with van der Waals surface area (Å²) in [6.07, 6.45) is 12.5. The summed E-state index contributed by atoms with van der Waals surface area (Å²) < 4.78 is 0. The van der Waals surface area contributed by atoms with Gasteiger partial charge in [0, 0.05) is 12.1 Å². The van der Waals surface area contributed by atoms with E-state index in [0.29, 0.717) is 49.1 Å². The van der Waals surface area contributed by atoms with Crippen molar-refractivity contribution in [1.82, 2.24) is 37.2 Å². The molecule has 0 saturated carbocycles. The Balaban J connectivity index is 1.30. The lowest BCUT2D eigenvalue weighted by Gasteiger charge is -2.25. The zero-order chi connectivity index (χ0) is 15.2. The molecular weight excluding hydrogens is 290 g/mol. The first-order valence-corrected chi connectivity index (χ1v) is 9.64. The Hall–Kier alpha value is -0.280. The largest absolute Gasteiger partial charge is 0.298 e. The minimum atomic E-state index is 0.431.